The van der Waals surface area contributed by atoms with Crippen LogP contribution in [0.5, 0.6) is 0 Å². The molecule has 1 aromatic carbocycles. The molecule has 20 heavy (non-hydrogen) atoms. The van der Waals surface area contributed by atoms with Gasteiger partial charge in [-0.2, -0.15) is 5.26 Å². The highest BCUT2D eigenvalue weighted by atomic mass is 16.3. The molecule has 0 bridgehead atoms. The number of carbonyl (C=O) groups excluding carboxylic acids is 1. The monoisotopic (exact) mass is 268 g/mol. The Bertz CT molecular complexity index is 652. The highest BCUT2D eigenvalue weighted by Crippen LogP contribution is 2.23. The molecule has 0 unspecified atom stereocenters. The molecule has 1 amide bonds. The fourth-order valence-electron chi connectivity index (χ4n) is 1.75. The van der Waals surface area contributed by atoms with Gasteiger partial charge in [0.1, 0.15) is 5.76 Å². The Morgan fingerprint density at radius 3 is 2.90 bits per heavy atom. The third kappa shape index (κ3) is 3.07. The van der Waals surface area contributed by atoms with Crippen molar-refractivity contribution in [2.45, 2.75) is 26.3 Å². The molecular formula is C16H16N2O2. The summed E-state index contributed by atoms with van der Waals surface area (Å²) in [5.74, 6) is 0.640. The van der Waals surface area contributed by atoms with E-state index in [2.05, 4.69) is 11.4 Å². The molecule has 1 aromatic heterocycles. The topological polar surface area (TPSA) is 66.0 Å². The van der Waals surface area contributed by atoms with Crippen LogP contribution in [0.2, 0.25) is 0 Å². The summed E-state index contributed by atoms with van der Waals surface area (Å²) in [6.07, 6.45) is 0.865. The van der Waals surface area contributed by atoms with Crippen molar-refractivity contribution in [2.24, 2.45) is 0 Å². The Labute approximate surface area is 118 Å². The van der Waals surface area contributed by atoms with Crippen LogP contribution >= 0.6 is 0 Å². The molecule has 4 nitrogen and oxygen atoms in total. The van der Waals surface area contributed by atoms with Gasteiger partial charge in [0.15, 0.2) is 5.76 Å². The zero-order valence-electron chi connectivity index (χ0n) is 11.5. The van der Waals surface area contributed by atoms with E-state index >= 15 is 0 Å². The molecule has 1 heterocycles. The quantitative estimate of drug-likeness (QED) is 0.924. The number of benzene rings is 1. The maximum atomic E-state index is 11.9. The van der Waals surface area contributed by atoms with Crippen LogP contribution in [0.25, 0.3) is 11.3 Å². The highest BCUT2D eigenvalue weighted by molar-refractivity contribution is 5.92. The number of furan rings is 1. The van der Waals surface area contributed by atoms with Crippen LogP contribution in [0.1, 0.15) is 36.4 Å². The van der Waals surface area contributed by atoms with E-state index in [9.17, 15) is 4.79 Å². The van der Waals surface area contributed by atoms with Gasteiger partial charge in [-0.1, -0.05) is 19.1 Å². The first kappa shape index (κ1) is 13.9. The van der Waals surface area contributed by atoms with Crippen LogP contribution in [-0.2, 0) is 0 Å². The molecule has 0 spiro atoms. The Balaban J connectivity index is 2.20. The normalized spacial score (nSPS) is 11.7. The Hall–Kier alpha value is -2.54. The summed E-state index contributed by atoms with van der Waals surface area (Å²) in [7, 11) is 0. The maximum absolute atomic E-state index is 11.9. The van der Waals surface area contributed by atoms with Gasteiger partial charge in [0.2, 0.25) is 0 Å². The molecule has 0 aliphatic heterocycles. The Morgan fingerprint density at radius 2 is 2.20 bits per heavy atom. The molecule has 2 aromatic rings. The largest absolute Gasteiger partial charge is 0.451 e. The summed E-state index contributed by atoms with van der Waals surface area (Å²) in [6, 6.07) is 12.7. The van der Waals surface area contributed by atoms with Gasteiger partial charge in [0.25, 0.3) is 5.91 Å². The Morgan fingerprint density at radius 1 is 1.40 bits per heavy atom. The number of hydrogen-bond acceptors (Lipinski definition) is 3. The summed E-state index contributed by atoms with van der Waals surface area (Å²) in [5.41, 5.74) is 1.34. The lowest BCUT2D eigenvalue weighted by Crippen LogP contribution is -2.31. The van der Waals surface area contributed by atoms with Crippen molar-refractivity contribution in [2.75, 3.05) is 0 Å². The van der Waals surface area contributed by atoms with Crippen LogP contribution in [0.3, 0.4) is 0 Å². The van der Waals surface area contributed by atoms with Crippen molar-refractivity contribution in [1.82, 2.24) is 5.32 Å². The van der Waals surface area contributed by atoms with E-state index < -0.39 is 0 Å². The molecule has 0 radical (unpaired) electrons. The summed E-state index contributed by atoms with van der Waals surface area (Å²) in [6.45, 7) is 3.95. The number of nitrogens with one attached hydrogen (secondary N) is 1. The lowest BCUT2D eigenvalue weighted by Gasteiger charge is -2.09. The van der Waals surface area contributed by atoms with Crippen LogP contribution < -0.4 is 5.32 Å². The minimum atomic E-state index is -0.220. The third-order valence-electron chi connectivity index (χ3n) is 3.10. The van der Waals surface area contributed by atoms with E-state index in [-0.39, 0.29) is 17.7 Å². The van der Waals surface area contributed by atoms with Crippen molar-refractivity contribution in [3.63, 3.8) is 0 Å². The molecule has 102 valence electrons. The predicted octanol–water partition coefficient (Wildman–Crippen LogP) is 3.35. The van der Waals surface area contributed by atoms with Crippen LogP contribution in [0.4, 0.5) is 0 Å². The molecule has 0 saturated heterocycles. The lowest BCUT2D eigenvalue weighted by atomic mass is 10.1. The minimum absolute atomic E-state index is 0.109. The first-order chi connectivity index (χ1) is 9.63. The predicted molar refractivity (Wildman–Crippen MR) is 76.1 cm³/mol. The molecule has 2 rings (SSSR count). The van der Waals surface area contributed by atoms with Crippen LogP contribution in [-0.4, -0.2) is 11.9 Å². The summed E-state index contributed by atoms with van der Waals surface area (Å²) in [4.78, 5) is 11.9. The zero-order valence-corrected chi connectivity index (χ0v) is 11.5. The van der Waals surface area contributed by atoms with E-state index in [4.69, 9.17) is 9.68 Å². The van der Waals surface area contributed by atoms with Gasteiger partial charge in [-0.25, -0.2) is 0 Å². The van der Waals surface area contributed by atoms with Gasteiger partial charge in [-0.15, -0.1) is 0 Å². The van der Waals surface area contributed by atoms with Crippen molar-refractivity contribution in [1.29, 1.82) is 5.26 Å². The van der Waals surface area contributed by atoms with Crippen LogP contribution in [0.15, 0.2) is 40.8 Å². The van der Waals surface area contributed by atoms with Crippen molar-refractivity contribution in [3.8, 4) is 17.4 Å². The third-order valence-corrected chi connectivity index (χ3v) is 3.10. The number of nitriles is 1. The van der Waals surface area contributed by atoms with Gasteiger partial charge in [-0.05, 0) is 37.6 Å². The zero-order chi connectivity index (χ0) is 14.5. The summed E-state index contributed by atoms with van der Waals surface area (Å²) in [5, 5.41) is 11.7. The smallest absolute Gasteiger partial charge is 0.287 e. The average molecular weight is 268 g/mol. The van der Waals surface area contributed by atoms with Crippen LogP contribution in [0, 0.1) is 11.3 Å². The van der Waals surface area contributed by atoms with Gasteiger partial charge in [0, 0.05) is 11.6 Å². The second kappa shape index (κ2) is 6.07. The second-order valence-electron chi connectivity index (χ2n) is 4.64. The molecule has 4 heteroatoms. The minimum Gasteiger partial charge on any atom is -0.451 e. The number of carbonyl (C=O) groups is 1. The Kier molecular flexibility index (Phi) is 4.21. The molecule has 0 aliphatic carbocycles. The van der Waals surface area contributed by atoms with Gasteiger partial charge < -0.3 is 9.73 Å². The van der Waals surface area contributed by atoms with Crippen molar-refractivity contribution in [3.05, 3.63) is 47.7 Å². The first-order valence-corrected chi connectivity index (χ1v) is 6.55. The van der Waals surface area contributed by atoms with Crippen molar-refractivity contribution < 1.29 is 9.21 Å². The average Bonchev–Trinajstić information content (AvgIpc) is 2.97. The number of hydrogen-bond donors (Lipinski definition) is 1. The fourth-order valence-corrected chi connectivity index (χ4v) is 1.75. The van der Waals surface area contributed by atoms with E-state index in [1.807, 2.05) is 19.9 Å². The van der Waals surface area contributed by atoms with Gasteiger partial charge in [0.05, 0.1) is 11.6 Å². The van der Waals surface area contributed by atoms with Crippen molar-refractivity contribution >= 4 is 5.91 Å². The van der Waals surface area contributed by atoms with E-state index in [1.165, 1.54) is 0 Å². The summed E-state index contributed by atoms with van der Waals surface area (Å²) >= 11 is 0. The SMILES string of the molecule is CC[C@H](C)NC(=O)c1ccc(-c2cccc(C#N)c2)o1. The van der Waals surface area contributed by atoms with Gasteiger partial charge in [-0.3, -0.25) is 4.79 Å². The maximum Gasteiger partial charge on any atom is 0.287 e. The van der Waals surface area contributed by atoms with E-state index in [1.54, 1.807) is 30.3 Å². The molecule has 0 saturated carbocycles. The van der Waals surface area contributed by atoms with E-state index in [0.29, 0.717) is 11.3 Å². The number of nitrogens with zero attached hydrogens (tertiary/aromatic N) is 1. The molecule has 1 N–H and O–H groups in total. The second-order valence-corrected chi connectivity index (χ2v) is 4.64. The molecule has 0 aliphatic rings. The van der Waals surface area contributed by atoms with E-state index in [0.717, 1.165) is 12.0 Å². The fraction of sp³-hybridized carbons (Fsp3) is 0.250. The van der Waals surface area contributed by atoms with Gasteiger partial charge >= 0.3 is 0 Å². The summed E-state index contributed by atoms with van der Waals surface area (Å²) < 4.78 is 5.55. The molecule has 1 atom stereocenters. The highest BCUT2D eigenvalue weighted by Gasteiger charge is 2.13. The number of amides is 1. The molecule has 0 fully saturated rings. The number of rotatable bonds is 4. The standard InChI is InChI=1S/C16H16N2O2/c1-3-11(2)18-16(19)15-8-7-14(20-15)13-6-4-5-12(9-13)10-17/h4-9,11H,3H2,1-2H3,(H,18,19)/t11-/m0/s1. The first-order valence-electron chi connectivity index (χ1n) is 6.55. The molecular weight excluding hydrogens is 252 g/mol. The lowest BCUT2D eigenvalue weighted by molar-refractivity contribution is 0.0912.